The Hall–Kier alpha value is -0.910. The van der Waals surface area contributed by atoms with Crippen molar-refractivity contribution in [3.63, 3.8) is 0 Å². The van der Waals surface area contributed by atoms with Crippen molar-refractivity contribution < 1.29 is 9.90 Å². The van der Waals surface area contributed by atoms with Gasteiger partial charge in [0.2, 0.25) is 0 Å². The molecule has 5 heteroatoms. The van der Waals surface area contributed by atoms with Crippen molar-refractivity contribution in [3.05, 3.63) is 21.9 Å². The molecule has 2 rings (SSSR count). The molecule has 2 N–H and O–H groups in total. The Kier molecular flexibility index (Phi) is 4.96. The number of carboxylic acids is 1. The van der Waals surface area contributed by atoms with E-state index in [1.54, 1.807) is 0 Å². The molecule has 0 spiro atoms. The fraction of sp³-hybridized carbons (Fsp3) is 0.643. The van der Waals surface area contributed by atoms with Crippen LogP contribution < -0.4 is 5.32 Å². The third-order valence-electron chi connectivity index (χ3n) is 3.74. The quantitative estimate of drug-likeness (QED) is 0.840. The lowest BCUT2D eigenvalue weighted by Gasteiger charge is -2.20. The highest BCUT2D eigenvalue weighted by atomic mass is 32.1. The summed E-state index contributed by atoms with van der Waals surface area (Å²) >= 11 is 1.30. The first-order valence-corrected chi connectivity index (χ1v) is 7.70. The summed E-state index contributed by atoms with van der Waals surface area (Å²) in [5.41, 5.74) is 0.899. The van der Waals surface area contributed by atoms with Crippen LogP contribution in [0.25, 0.3) is 0 Å². The summed E-state index contributed by atoms with van der Waals surface area (Å²) in [5, 5.41) is 14.3. The third kappa shape index (κ3) is 3.78. The van der Waals surface area contributed by atoms with Crippen molar-refractivity contribution in [1.82, 2.24) is 10.2 Å². The van der Waals surface area contributed by atoms with E-state index in [2.05, 4.69) is 24.1 Å². The SMILES string of the molecule is CC(C)N1CCC(CNCc2ccsc2C(=O)O)C1. The van der Waals surface area contributed by atoms with Crippen LogP contribution in [0.5, 0.6) is 0 Å². The average Bonchev–Trinajstić information content (AvgIpc) is 2.97. The number of nitrogens with one attached hydrogen (secondary N) is 1. The number of hydrogen-bond donors (Lipinski definition) is 2. The molecule has 1 saturated heterocycles. The Bertz CT molecular complexity index is 431. The van der Waals surface area contributed by atoms with E-state index in [0.29, 0.717) is 23.4 Å². The van der Waals surface area contributed by atoms with Crippen LogP contribution in [0.1, 0.15) is 35.5 Å². The average molecular weight is 282 g/mol. The maximum absolute atomic E-state index is 11.0. The lowest BCUT2D eigenvalue weighted by molar-refractivity contribution is 0.0701. The summed E-state index contributed by atoms with van der Waals surface area (Å²) in [6, 6.07) is 2.52. The van der Waals surface area contributed by atoms with Crippen LogP contribution in [0.2, 0.25) is 0 Å². The van der Waals surface area contributed by atoms with Crippen LogP contribution in [-0.4, -0.2) is 41.7 Å². The zero-order valence-corrected chi connectivity index (χ0v) is 12.4. The minimum Gasteiger partial charge on any atom is -0.477 e. The lowest BCUT2D eigenvalue weighted by atomic mass is 10.1. The van der Waals surface area contributed by atoms with E-state index < -0.39 is 5.97 Å². The van der Waals surface area contributed by atoms with Crippen LogP contribution in [0.15, 0.2) is 11.4 Å². The first kappa shape index (κ1) is 14.5. The van der Waals surface area contributed by atoms with Gasteiger partial charge in [-0.05, 0) is 56.3 Å². The molecule has 0 saturated carbocycles. The molecule has 1 atom stereocenters. The van der Waals surface area contributed by atoms with E-state index in [0.717, 1.165) is 18.7 Å². The Labute approximate surface area is 118 Å². The zero-order chi connectivity index (χ0) is 13.8. The molecule has 1 unspecified atom stereocenters. The van der Waals surface area contributed by atoms with Gasteiger partial charge >= 0.3 is 5.97 Å². The summed E-state index contributed by atoms with van der Waals surface area (Å²) in [4.78, 5) is 14.0. The molecule has 0 aliphatic carbocycles. The van der Waals surface area contributed by atoms with Crippen molar-refractivity contribution in [2.45, 2.75) is 32.9 Å². The van der Waals surface area contributed by atoms with Gasteiger partial charge in [-0.2, -0.15) is 0 Å². The predicted molar refractivity (Wildman–Crippen MR) is 77.8 cm³/mol. The summed E-state index contributed by atoms with van der Waals surface area (Å²) in [6.45, 7) is 8.44. The highest BCUT2D eigenvalue weighted by Gasteiger charge is 2.23. The van der Waals surface area contributed by atoms with E-state index >= 15 is 0 Å². The monoisotopic (exact) mass is 282 g/mol. The number of nitrogens with zero attached hydrogens (tertiary/aromatic N) is 1. The highest BCUT2D eigenvalue weighted by Crippen LogP contribution is 2.19. The van der Waals surface area contributed by atoms with E-state index in [4.69, 9.17) is 5.11 Å². The molecule has 4 nitrogen and oxygen atoms in total. The largest absolute Gasteiger partial charge is 0.477 e. The third-order valence-corrected chi connectivity index (χ3v) is 4.68. The maximum Gasteiger partial charge on any atom is 0.346 e. The summed E-state index contributed by atoms with van der Waals surface area (Å²) in [7, 11) is 0. The molecule has 0 radical (unpaired) electrons. The normalized spacial score (nSPS) is 20.3. The van der Waals surface area contributed by atoms with Gasteiger partial charge in [-0.3, -0.25) is 0 Å². The first-order valence-electron chi connectivity index (χ1n) is 6.82. The van der Waals surface area contributed by atoms with Crippen LogP contribution in [0, 0.1) is 5.92 Å². The minimum absolute atomic E-state index is 0.461. The Balaban J connectivity index is 1.75. The fourth-order valence-corrected chi connectivity index (χ4v) is 3.33. The zero-order valence-electron chi connectivity index (χ0n) is 11.6. The molecule has 0 bridgehead atoms. The number of carbonyl (C=O) groups is 1. The maximum atomic E-state index is 11.0. The second-order valence-electron chi connectivity index (χ2n) is 5.45. The standard InChI is InChI=1S/C14H22N2O2S/c1-10(2)16-5-3-11(9-16)7-15-8-12-4-6-19-13(12)14(17)18/h4,6,10-11,15H,3,5,7-9H2,1-2H3,(H,17,18). The number of hydrogen-bond acceptors (Lipinski definition) is 4. The number of carboxylic acid groups (broad SMARTS) is 1. The molecule has 1 aromatic heterocycles. The van der Waals surface area contributed by atoms with Gasteiger partial charge in [-0.15, -0.1) is 11.3 Å². The fourth-order valence-electron chi connectivity index (χ4n) is 2.57. The molecule has 0 amide bonds. The number of likely N-dealkylation sites (tertiary alicyclic amines) is 1. The second-order valence-corrected chi connectivity index (χ2v) is 6.37. The Morgan fingerprint density at radius 2 is 2.42 bits per heavy atom. The number of thiophene rings is 1. The van der Waals surface area contributed by atoms with Gasteiger partial charge in [-0.1, -0.05) is 0 Å². The molecule has 106 valence electrons. The van der Waals surface area contributed by atoms with Crippen LogP contribution >= 0.6 is 11.3 Å². The van der Waals surface area contributed by atoms with Crippen LogP contribution in [0.3, 0.4) is 0 Å². The molecule has 1 aromatic rings. The first-order chi connectivity index (χ1) is 9.08. The predicted octanol–water partition coefficient (Wildman–Crippen LogP) is 2.27. The van der Waals surface area contributed by atoms with Crippen molar-refractivity contribution in [2.24, 2.45) is 5.92 Å². The molecule has 1 fully saturated rings. The highest BCUT2D eigenvalue weighted by molar-refractivity contribution is 7.12. The van der Waals surface area contributed by atoms with Crippen molar-refractivity contribution in [2.75, 3.05) is 19.6 Å². The Morgan fingerprint density at radius 3 is 3.05 bits per heavy atom. The summed E-state index contributed by atoms with van der Waals surface area (Å²) in [5.74, 6) is -0.132. The van der Waals surface area contributed by atoms with Gasteiger partial charge in [0.25, 0.3) is 0 Å². The second kappa shape index (κ2) is 6.50. The van der Waals surface area contributed by atoms with Crippen LogP contribution in [-0.2, 0) is 6.54 Å². The van der Waals surface area contributed by atoms with Gasteiger partial charge < -0.3 is 15.3 Å². The molecular formula is C14H22N2O2S. The molecule has 0 aromatic carbocycles. The molecule has 2 heterocycles. The molecular weight excluding hydrogens is 260 g/mol. The Morgan fingerprint density at radius 1 is 1.63 bits per heavy atom. The van der Waals surface area contributed by atoms with E-state index in [1.165, 1.54) is 24.3 Å². The van der Waals surface area contributed by atoms with Gasteiger partial charge in [0.05, 0.1) is 0 Å². The minimum atomic E-state index is -0.821. The van der Waals surface area contributed by atoms with Gasteiger partial charge in [-0.25, -0.2) is 4.79 Å². The van der Waals surface area contributed by atoms with E-state index in [1.807, 2.05) is 11.4 Å². The van der Waals surface area contributed by atoms with E-state index in [-0.39, 0.29) is 0 Å². The smallest absolute Gasteiger partial charge is 0.346 e. The van der Waals surface area contributed by atoms with Gasteiger partial charge in [0, 0.05) is 19.1 Å². The molecule has 1 aliphatic heterocycles. The summed E-state index contributed by atoms with van der Waals surface area (Å²) in [6.07, 6.45) is 1.24. The molecule has 1 aliphatic rings. The number of rotatable bonds is 6. The van der Waals surface area contributed by atoms with Gasteiger partial charge in [0.15, 0.2) is 0 Å². The van der Waals surface area contributed by atoms with Gasteiger partial charge in [0.1, 0.15) is 4.88 Å². The van der Waals surface area contributed by atoms with E-state index in [9.17, 15) is 4.79 Å². The van der Waals surface area contributed by atoms with Crippen LogP contribution in [0.4, 0.5) is 0 Å². The van der Waals surface area contributed by atoms with Crippen molar-refractivity contribution in [1.29, 1.82) is 0 Å². The lowest BCUT2D eigenvalue weighted by Crippen LogP contribution is -2.30. The van der Waals surface area contributed by atoms with Crippen molar-refractivity contribution >= 4 is 17.3 Å². The summed E-state index contributed by atoms with van der Waals surface area (Å²) < 4.78 is 0. The molecule has 19 heavy (non-hydrogen) atoms. The topological polar surface area (TPSA) is 52.6 Å². The van der Waals surface area contributed by atoms with Crippen molar-refractivity contribution in [3.8, 4) is 0 Å². The number of aromatic carboxylic acids is 1.